The molecule has 2 rings (SSSR count). The molecule has 4 heteroatoms. The maximum atomic E-state index is 5.94. The van der Waals surface area contributed by atoms with Crippen molar-refractivity contribution in [2.75, 3.05) is 13.7 Å². The van der Waals surface area contributed by atoms with Gasteiger partial charge in [0.05, 0.1) is 6.61 Å². The van der Waals surface area contributed by atoms with E-state index >= 15 is 0 Å². The smallest absolute Gasteiger partial charge is 0.0613 e. The molecule has 3 nitrogen and oxygen atoms in total. The molecule has 0 fully saturated rings. The van der Waals surface area contributed by atoms with E-state index in [-0.39, 0.29) is 0 Å². The van der Waals surface area contributed by atoms with Crippen LogP contribution >= 0.6 is 11.6 Å². The third kappa shape index (κ3) is 3.00. The highest BCUT2D eigenvalue weighted by Crippen LogP contribution is 2.21. The van der Waals surface area contributed by atoms with Crippen LogP contribution in [0.4, 0.5) is 0 Å². The number of aromatic nitrogens is 1. The zero-order valence-electron chi connectivity index (χ0n) is 10.1. The number of fused-ring (bicyclic) bond motifs is 1. The molecule has 0 bridgehead atoms. The average molecular weight is 253 g/mol. The summed E-state index contributed by atoms with van der Waals surface area (Å²) in [5.74, 6) is 0. The summed E-state index contributed by atoms with van der Waals surface area (Å²) in [5.41, 5.74) is 2.33. The number of nitrogens with one attached hydrogen (secondary N) is 2. The summed E-state index contributed by atoms with van der Waals surface area (Å²) >= 11 is 5.94. The van der Waals surface area contributed by atoms with Gasteiger partial charge in [-0.2, -0.15) is 0 Å². The second kappa shape index (κ2) is 5.54. The molecule has 0 saturated carbocycles. The van der Waals surface area contributed by atoms with Crippen molar-refractivity contribution in [1.29, 1.82) is 0 Å². The summed E-state index contributed by atoms with van der Waals surface area (Å²) in [6.07, 6.45) is 2.02. The average Bonchev–Trinajstić information content (AvgIpc) is 2.69. The fourth-order valence-corrected chi connectivity index (χ4v) is 2.07. The largest absolute Gasteiger partial charge is 0.383 e. The second-order valence-electron chi connectivity index (χ2n) is 4.24. The number of halogens is 1. The van der Waals surface area contributed by atoms with Gasteiger partial charge in [0.25, 0.3) is 0 Å². The molecule has 1 heterocycles. The van der Waals surface area contributed by atoms with Gasteiger partial charge in [-0.25, -0.2) is 0 Å². The maximum Gasteiger partial charge on any atom is 0.0613 e. The molecule has 0 amide bonds. The van der Waals surface area contributed by atoms with E-state index in [4.69, 9.17) is 16.3 Å². The monoisotopic (exact) mass is 252 g/mol. The number of ether oxygens (including phenoxy) is 1. The number of methoxy groups -OCH3 is 1. The summed E-state index contributed by atoms with van der Waals surface area (Å²) in [7, 11) is 1.71. The topological polar surface area (TPSA) is 37.0 Å². The normalized spacial score (nSPS) is 13.1. The first-order valence-electron chi connectivity index (χ1n) is 5.68. The lowest BCUT2D eigenvalue weighted by Gasteiger charge is -2.11. The summed E-state index contributed by atoms with van der Waals surface area (Å²) in [5, 5.41) is 5.39. The van der Waals surface area contributed by atoms with Crippen LogP contribution in [0.1, 0.15) is 12.5 Å². The standard InChI is InChI=1S/C13H17ClN2O/c1-9(8-17-2)15-6-10-7-16-13-5-11(14)3-4-12(10)13/h3-5,7,9,15-16H,6,8H2,1-2H3. The summed E-state index contributed by atoms with van der Waals surface area (Å²) in [6, 6.07) is 6.25. The molecule has 1 unspecified atom stereocenters. The molecule has 0 radical (unpaired) electrons. The lowest BCUT2D eigenvalue weighted by molar-refractivity contribution is 0.172. The van der Waals surface area contributed by atoms with E-state index in [2.05, 4.69) is 17.2 Å². The Morgan fingerprint density at radius 1 is 1.47 bits per heavy atom. The molecule has 1 atom stereocenters. The van der Waals surface area contributed by atoms with Crippen LogP contribution in [0.25, 0.3) is 10.9 Å². The van der Waals surface area contributed by atoms with Gasteiger partial charge in [0.1, 0.15) is 0 Å². The molecule has 0 aliphatic carbocycles. The fourth-order valence-electron chi connectivity index (χ4n) is 1.90. The minimum atomic E-state index is 0.345. The predicted molar refractivity (Wildman–Crippen MR) is 71.5 cm³/mol. The number of rotatable bonds is 5. The lowest BCUT2D eigenvalue weighted by Crippen LogP contribution is -2.29. The van der Waals surface area contributed by atoms with E-state index in [0.717, 1.165) is 17.1 Å². The third-order valence-electron chi connectivity index (χ3n) is 2.79. The Bertz CT molecular complexity index is 495. The first kappa shape index (κ1) is 12.4. The van der Waals surface area contributed by atoms with Crippen molar-refractivity contribution in [3.8, 4) is 0 Å². The van der Waals surface area contributed by atoms with Gasteiger partial charge >= 0.3 is 0 Å². The van der Waals surface area contributed by atoms with Crippen molar-refractivity contribution in [2.24, 2.45) is 0 Å². The van der Waals surface area contributed by atoms with Crippen LogP contribution in [0.15, 0.2) is 24.4 Å². The number of H-pyrrole nitrogens is 1. The molecule has 2 aromatic rings. The first-order chi connectivity index (χ1) is 8.20. The fraction of sp³-hybridized carbons (Fsp3) is 0.385. The quantitative estimate of drug-likeness (QED) is 0.859. The Hall–Kier alpha value is -1.03. The van der Waals surface area contributed by atoms with Crippen LogP contribution in [0.3, 0.4) is 0 Å². The van der Waals surface area contributed by atoms with E-state index in [0.29, 0.717) is 12.6 Å². The van der Waals surface area contributed by atoms with Crippen LogP contribution in [-0.2, 0) is 11.3 Å². The van der Waals surface area contributed by atoms with Crippen molar-refractivity contribution in [2.45, 2.75) is 19.5 Å². The number of hydrogen-bond acceptors (Lipinski definition) is 2. The van der Waals surface area contributed by atoms with Crippen molar-refractivity contribution in [3.05, 3.63) is 35.0 Å². The van der Waals surface area contributed by atoms with E-state index in [1.54, 1.807) is 7.11 Å². The molecule has 1 aromatic carbocycles. The molecule has 0 spiro atoms. The van der Waals surface area contributed by atoms with Gasteiger partial charge in [0, 0.05) is 41.8 Å². The molecule has 2 N–H and O–H groups in total. The van der Waals surface area contributed by atoms with Crippen LogP contribution in [-0.4, -0.2) is 24.7 Å². The Morgan fingerprint density at radius 3 is 3.06 bits per heavy atom. The maximum absolute atomic E-state index is 5.94. The van der Waals surface area contributed by atoms with Crippen molar-refractivity contribution >= 4 is 22.5 Å². The van der Waals surface area contributed by atoms with Gasteiger partial charge in [-0.1, -0.05) is 17.7 Å². The van der Waals surface area contributed by atoms with Gasteiger partial charge < -0.3 is 15.0 Å². The van der Waals surface area contributed by atoms with Gasteiger partial charge in [0.15, 0.2) is 0 Å². The highest BCUT2D eigenvalue weighted by atomic mass is 35.5. The minimum Gasteiger partial charge on any atom is -0.383 e. The molecule has 17 heavy (non-hydrogen) atoms. The number of benzene rings is 1. The Labute approximate surface area is 106 Å². The molecular weight excluding hydrogens is 236 g/mol. The predicted octanol–water partition coefficient (Wildman–Crippen LogP) is 2.95. The van der Waals surface area contributed by atoms with Crippen LogP contribution in [0.2, 0.25) is 5.02 Å². The van der Waals surface area contributed by atoms with Crippen LogP contribution < -0.4 is 5.32 Å². The van der Waals surface area contributed by atoms with E-state index in [1.165, 1.54) is 10.9 Å². The highest BCUT2D eigenvalue weighted by Gasteiger charge is 2.06. The Morgan fingerprint density at radius 2 is 2.29 bits per heavy atom. The zero-order valence-corrected chi connectivity index (χ0v) is 10.8. The van der Waals surface area contributed by atoms with Crippen molar-refractivity contribution in [1.82, 2.24) is 10.3 Å². The third-order valence-corrected chi connectivity index (χ3v) is 3.02. The summed E-state index contributed by atoms with van der Waals surface area (Å²) < 4.78 is 5.09. The first-order valence-corrected chi connectivity index (χ1v) is 6.06. The SMILES string of the molecule is COCC(C)NCc1c[nH]c2cc(Cl)ccc12. The molecule has 0 aliphatic heterocycles. The van der Waals surface area contributed by atoms with Crippen LogP contribution in [0.5, 0.6) is 0 Å². The van der Waals surface area contributed by atoms with Gasteiger partial charge in [0.2, 0.25) is 0 Å². The van der Waals surface area contributed by atoms with Gasteiger partial charge in [-0.3, -0.25) is 0 Å². The molecule has 0 saturated heterocycles. The van der Waals surface area contributed by atoms with Gasteiger partial charge in [-0.15, -0.1) is 0 Å². The van der Waals surface area contributed by atoms with Crippen LogP contribution in [0, 0.1) is 0 Å². The zero-order chi connectivity index (χ0) is 12.3. The summed E-state index contributed by atoms with van der Waals surface area (Å²) in [4.78, 5) is 3.23. The highest BCUT2D eigenvalue weighted by molar-refractivity contribution is 6.31. The minimum absolute atomic E-state index is 0.345. The van der Waals surface area contributed by atoms with Gasteiger partial charge in [-0.05, 0) is 24.6 Å². The van der Waals surface area contributed by atoms with E-state index in [9.17, 15) is 0 Å². The van der Waals surface area contributed by atoms with Crippen molar-refractivity contribution in [3.63, 3.8) is 0 Å². The summed E-state index contributed by atoms with van der Waals surface area (Å²) in [6.45, 7) is 3.65. The number of hydrogen-bond donors (Lipinski definition) is 2. The van der Waals surface area contributed by atoms with E-state index < -0.39 is 0 Å². The Balaban J connectivity index is 2.09. The molecule has 0 aliphatic rings. The van der Waals surface area contributed by atoms with Crippen molar-refractivity contribution < 1.29 is 4.74 Å². The molecule has 1 aromatic heterocycles. The number of aromatic amines is 1. The lowest BCUT2D eigenvalue weighted by atomic mass is 10.1. The molecule has 92 valence electrons. The molecular formula is C13H17ClN2O. The second-order valence-corrected chi connectivity index (χ2v) is 4.68. The Kier molecular flexibility index (Phi) is 4.05. The van der Waals surface area contributed by atoms with E-state index in [1.807, 2.05) is 24.4 Å².